The zero-order chi connectivity index (χ0) is 16.8. The predicted octanol–water partition coefficient (Wildman–Crippen LogP) is 3.53. The Morgan fingerprint density at radius 1 is 1.17 bits per heavy atom. The zero-order valence-electron chi connectivity index (χ0n) is 14.2. The summed E-state index contributed by atoms with van der Waals surface area (Å²) < 4.78 is 0. The average Bonchev–Trinajstić information content (AvgIpc) is 2.46. The SMILES string of the molecule is CC1CCCC(NC(=O)c2ccccc2NC(=O)NC(C)C)C1. The van der Waals surface area contributed by atoms with Gasteiger partial charge in [0, 0.05) is 12.1 Å². The Balaban J connectivity index is 2.03. The molecule has 126 valence electrons. The largest absolute Gasteiger partial charge is 0.349 e. The van der Waals surface area contributed by atoms with E-state index in [-0.39, 0.29) is 24.0 Å². The van der Waals surface area contributed by atoms with Gasteiger partial charge in [-0.2, -0.15) is 0 Å². The molecule has 5 nitrogen and oxygen atoms in total. The summed E-state index contributed by atoms with van der Waals surface area (Å²) in [7, 11) is 0. The molecule has 23 heavy (non-hydrogen) atoms. The van der Waals surface area contributed by atoms with E-state index in [0.717, 1.165) is 19.3 Å². The third kappa shape index (κ3) is 5.27. The van der Waals surface area contributed by atoms with Crippen molar-refractivity contribution in [1.82, 2.24) is 10.6 Å². The maximum Gasteiger partial charge on any atom is 0.319 e. The van der Waals surface area contributed by atoms with Crippen molar-refractivity contribution in [2.24, 2.45) is 5.92 Å². The normalized spacial score (nSPS) is 20.9. The Morgan fingerprint density at radius 3 is 2.61 bits per heavy atom. The second kappa shape index (κ2) is 7.99. The molecule has 0 bridgehead atoms. The van der Waals surface area contributed by atoms with E-state index in [0.29, 0.717) is 17.2 Å². The van der Waals surface area contributed by atoms with Crippen LogP contribution in [0.1, 0.15) is 56.8 Å². The van der Waals surface area contributed by atoms with Crippen LogP contribution in [0.15, 0.2) is 24.3 Å². The van der Waals surface area contributed by atoms with Gasteiger partial charge in [-0.05, 0) is 44.7 Å². The number of rotatable bonds is 4. The number of carbonyl (C=O) groups excluding carboxylic acids is 2. The molecule has 2 atom stereocenters. The number of amides is 3. The molecule has 0 saturated heterocycles. The number of para-hydroxylation sites is 1. The fraction of sp³-hybridized carbons (Fsp3) is 0.556. The fourth-order valence-electron chi connectivity index (χ4n) is 3.04. The maximum absolute atomic E-state index is 12.6. The van der Waals surface area contributed by atoms with E-state index in [1.54, 1.807) is 12.1 Å². The van der Waals surface area contributed by atoms with Crippen LogP contribution in [0.5, 0.6) is 0 Å². The van der Waals surface area contributed by atoms with E-state index in [1.165, 1.54) is 6.42 Å². The smallest absolute Gasteiger partial charge is 0.319 e. The number of carbonyl (C=O) groups is 2. The molecule has 5 heteroatoms. The summed E-state index contributed by atoms with van der Waals surface area (Å²) in [5.74, 6) is 0.531. The first kappa shape index (κ1) is 17.3. The van der Waals surface area contributed by atoms with Crippen LogP contribution in [0.4, 0.5) is 10.5 Å². The van der Waals surface area contributed by atoms with E-state index in [2.05, 4.69) is 22.9 Å². The van der Waals surface area contributed by atoms with E-state index in [9.17, 15) is 9.59 Å². The Kier molecular flexibility index (Phi) is 6.02. The number of urea groups is 1. The molecule has 0 radical (unpaired) electrons. The molecular weight excluding hydrogens is 290 g/mol. The number of hydrogen-bond acceptors (Lipinski definition) is 2. The third-order valence-electron chi connectivity index (χ3n) is 4.11. The first-order valence-electron chi connectivity index (χ1n) is 8.43. The second-order valence-electron chi connectivity index (χ2n) is 6.74. The van der Waals surface area contributed by atoms with E-state index >= 15 is 0 Å². The molecule has 0 aliphatic heterocycles. The van der Waals surface area contributed by atoms with E-state index in [4.69, 9.17) is 0 Å². The van der Waals surface area contributed by atoms with Gasteiger partial charge in [0.2, 0.25) is 0 Å². The van der Waals surface area contributed by atoms with Gasteiger partial charge < -0.3 is 16.0 Å². The second-order valence-corrected chi connectivity index (χ2v) is 6.74. The monoisotopic (exact) mass is 317 g/mol. The quantitative estimate of drug-likeness (QED) is 0.795. The minimum Gasteiger partial charge on any atom is -0.349 e. The van der Waals surface area contributed by atoms with Crippen LogP contribution in [-0.4, -0.2) is 24.0 Å². The maximum atomic E-state index is 12.6. The van der Waals surface area contributed by atoms with E-state index < -0.39 is 0 Å². The summed E-state index contributed by atoms with van der Waals surface area (Å²) in [6.07, 6.45) is 4.44. The Morgan fingerprint density at radius 2 is 1.91 bits per heavy atom. The predicted molar refractivity (Wildman–Crippen MR) is 92.6 cm³/mol. The lowest BCUT2D eigenvalue weighted by Crippen LogP contribution is -2.39. The fourth-order valence-corrected chi connectivity index (χ4v) is 3.04. The van der Waals surface area contributed by atoms with Crippen molar-refractivity contribution in [2.45, 2.75) is 58.5 Å². The molecule has 0 heterocycles. The molecule has 1 fully saturated rings. The third-order valence-corrected chi connectivity index (χ3v) is 4.11. The van der Waals surface area contributed by atoms with Gasteiger partial charge in [-0.1, -0.05) is 31.9 Å². The van der Waals surface area contributed by atoms with Gasteiger partial charge in [0.25, 0.3) is 5.91 Å². The minimum absolute atomic E-state index is 0.0414. The van der Waals surface area contributed by atoms with Crippen molar-refractivity contribution in [1.29, 1.82) is 0 Å². The molecule has 1 aliphatic rings. The molecule has 1 aromatic rings. The first-order valence-corrected chi connectivity index (χ1v) is 8.43. The van der Waals surface area contributed by atoms with Gasteiger partial charge in [-0.15, -0.1) is 0 Å². The molecule has 0 spiro atoms. The highest BCUT2D eigenvalue weighted by Crippen LogP contribution is 2.24. The highest BCUT2D eigenvalue weighted by Gasteiger charge is 2.22. The van der Waals surface area contributed by atoms with Crippen LogP contribution >= 0.6 is 0 Å². The summed E-state index contributed by atoms with van der Waals surface area (Å²) in [6, 6.07) is 7.08. The molecular formula is C18H27N3O2. The van der Waals surface area contributed by atoms with Crippen molar-refractivity contribution in [2.75, 3.05) is 5.32 Å². The number of benzene rings is 1. The van der Waals surface area contributed by atoms with Gasteiger partial charge in [-0.25, -0.2) is 4.79 Å². The Labute approximate surface area is 138 Å². The Bertz CT molecular complexity index is 557. The highest BCUT2D eigenvalue weighted by molar-refractivity contribution is 6.03. The topological polar surface area (TPSA) is 70.2 Å². The van der Waals surface area contributed by atoms with Gasteiger partial charge in [0.1, 0.15) is 0 Å². The standard InChI is InChI=1S/C18H27N3O2/c1-12(2)19-18(23)21-16-10-5-4-9-15(16)17(22)20-14-8-6-7-13(3)11-14/h4-5,9-10,12-14H,6-8,11H2,1-3H3,(H,20,22)(H2,19,21,23). The van der Waals surface area contributed by atoms with Crippen LogP contribution in [-0.2, 0) is 0 Å². The average molecular weight is 317 g/mol. The van der Waals surface area contributed by atoms with Crippen molar-refractivity contribution in [3.8, 4) is 0 Å². The van der Waals surface area contributed by atoms with Gasteiger partial charge in [-0.3, -0.25) is 4.79 Å². The zero-order valence-corrected chi connectivity index (χ0v) is 14.2. The lowest BCUT2D eigenvalue weighted by molar-refractivity contribution is 0.0922. The lowest BCUT2D eigenvalue weighted by atomic mass is 9.87. The van der Waals surface area contributed by atoms with Gasteiger partial charge >= 0.3 is 6.03 Å². The summed E-state index contributed by atoms with van der Waals surface area (Å²) in [5.41, 5.74) is 1.04. The van der Waals surface area contributed by atoms with Crippen LogP contribution < -0.4 is 16.0 Å². The van der Waals surface area contributed by atoms with Crippen molar-refractivity contribution >= 4 is 17.6 Å². The molecule has 3 N–H and O–H groups in total. The van der Waals surface area contributed by atoms with E-state index in [1.807, 2.05) is 26.0 Å². The van der Waals surface area contributed by atoms with Crippen LogP contribution in [0.3, 0.4) is 0 Å². The summed E-state index contributed by atoms with van der Waals surface area (Å²) in [4.78, 5) is 24.4. The van der Waals surface area contributed by atoms with Crippen LogP contribution in [0, 0.1) is 5.92 Å². The summed E-state index contributed by atoms with van der Waals surface area (Å²) in [6.45, 7) is 6.01. The number of hydrogen-bond donors (Lipinski definition) is 3. The van der Waals surface area contributed by atoms with Crippen molar-refractivity contribution < 1.29 is 9.59 Å². The molecule has 3 amide bonds. The number of nitrogens with one attached hydrogen (secondary N) is 3. The Hall–Kier alpha value is -2.04. The van der Waals surface area contributed by atoms with Crippen molar-refractivity contribution in [3.63, 3.8) is 0 Å². The van der Waals surface area contributed by atoms with Crippen molar-refractivity contribution in [3.05, 3.63) is 29.8 Å². The number of anilines is 1. The molecule has 0 aromatic heterocycles. The molecule has 1 aliphatic carbocycles. The molecule has 2 unspecified atom stereocenters. The van der Waals surface area contributed by atoms with Crippen LogP contribution in [0.2, 0.25) is 0 Å². The molecule has 2 rings (SSSR count). The highest BCUT2D eigenvalue weighted by atomic mass is 16.2. The summed E-state index contributed by atoms with van der Waals surface area (Å²) in [5, 5.41) is 8.63. The van der Waals surface area contributed by atoms with Gasteiger partial charge in [0.15, 0.2) is 0 Å². The molecule has 1 aromatic carbocycles. The summed E-state index contributed by atoms with van der Waals surface area (Å²) >= 11 is 0. The van der Waals surface area contributed by atoms with Crippen LogP contribution in [0.25, 0.3) is 0 Å². The van der Waals surface area contributed by atoms with Gasteiger partial charge in [0.05, 0.1) is 11.3 Å². The first-order chi connectivity index (χ1) is 11.0. The molecule has 1 saturated carbocycles. The lowest BCUT2D eigenvalue weighted by Gasteiger charge is -2.27. The minimum atomic E-state index is -0.300.